The molecule has 2 atom stereocenters. The Kier molecular flexibility index (Phi) is 6.32. The molecule has 0 saturated carbocycles. The maximum Gasteiger partial charge on any atom is 0.225 e. The fraction of sp³-hybridized carbons (Fsp3) is 0.280. The van der Waals surface area contributed by atoms with E-state index < -0.39 is 0 Å². The lowest BCUT2D eigenvalue weighted by Crippen LogP contribution is -2.43. The Morgan fingerprint density at radius 2 is 1.72 bits per heavy atom. The van der Waals surface area contributed by atoms with E-state index in [1.165, 1.54) is 5.56 Å². The number of nitrogens with one attached hydrogen (secondary N) is 1. The van der Waals surface area contributed by atoms with E-state index in [0.717, 1.165) is 43.7 Å². The third-order valence-electron chi connectivity index (χ3n) is 5.53. The number of carbonyl (C=O) groups is 1. The molecule has 148 valence electrons. The summed E-state index contributed by atoms with van der Waals surface area (Å²) in [5, 5.41) is 3.28. The highest BCUT2D eigenvalue weighted by Crippen LogP contribution is 2.23. The monoisotopic (exact) mass is 385 g/mol. The van der Waals surface area contributed by atoms with Crippen LogP contribution in [0.4, 0.5) is 0 Å². The predicted octanol–water partition coefficient (Wildman–Crippen LogP) is 4.20. The second kappa shape index (κ2) is 9.48. The molecule has 1 aliphatic rings. The Balaban J connectivity index is 1.46. The first-order valence-corrected chi connectivity index (χ1v) is 10.3. The molecule has 1 amide bonds. The van der Waals surface area contributed by atoms with Crippen molar-refractivity contribution in [3.8, 4) is 0 Å². The molecular formula is C25H27N3O. The highest BCUT2D eigenvalue weighted by atomic mass is 16.2. The van der Waals surface area contributed by atoms with Crippen molar-refractivity contribution in [2.75, 3.05) is 13.1 Å². The first-order chi connectivity index (χ1) is 14.3. The number of hydrogen-bond acceptors (Lipinski definition) is 3. The van der Waals surface area contributed by atoms with E-state index in [-0.39, 0.29) is 17.9 Å². The number of hydrogen-bond donors (Lipinski definition) is 1. The van der Waals surface area contributed by atoms with Gasteiger partial charge in [-0.15, -0.1) is 0 Å². The molecule has 3 aromatic rings. The van der Waals surface area contributed by atoms with Crippen molar-refractivity contribution in [3.05, 3.63) is 102 Å². The first kappa shape index (κ1) is 19.3. The summed E-state index contributed by atoms with van der Waals surface area (Å²) in [6.45, 7) is 2.73. The molecule has 1 aromatic heterocycles. The van der Waals surface area contributed by atoms with Crippen molar-refractivity contribution in [3.63, 3.8) is 0 Å². The van der Waals surface area contributed by atoms with Crippen molar-refractivity contribution in [2.24, 2.45) is 5.92 Å². The van der Waals surface area contributed by atoms with Crippen LogP contribution in [0.25, 0.3) is 0 Å². The molecule has 2 unspecified atom stereocenters. The SMILES string of the molecule is O=C(NC(c1ccccc1)c1ccccn1)C1CCCN(Cc2ccccc2)C1. The molecule has 0 spiro atoms. The number of pyridine rings is 1. The Morgan fingerprint density at radius 1 is 1.00 bits per heavy atom. The highest BCUT2D eigenvalue weighted by Gasteiger charge is 2.28. The minimum atomic E-state index is -0.227. The highest BCUT2D eigenvalue weighted by molar-refractivity contribution is 5.79. The molecule has 0 bridgehead atoms. The summed E-state index contributed by atoms with van der Waals surface area (Å²) in [4.78, 5) is 20.1. The third kappa shape index (κ3) is 5.09. The Hall–Kier alpha value is -2.98. The lowest BCUT2D eigenvalue weighted by molar-refractivity contribution is -0.127. The normalized spacial score (nSPS) is 18.1. The summed E-state index contributed by atoms with van der Waals surface area (Å²) in [5.74, 6) is 0.115. The van der Waals surface area contributed by atoms with E-state index in [2.05, 4.69) is 39.5 Å². The minimum absolute atomic E-state index is 0.00221. The van der Waals surface area contributed by atoms with Crippen LogP contribution in [0.15, 0.2) is 85.1 Å². The number of rotatable bonds is 6. The van der Waals surface area contributed by atoms with E-state index >= 15 is 0 Å². The van der Waals surface area contributed by atoms with Gasteiger partial charge in [-0.2, -0.15) is 0 Å². The largest absolute Gasteiger partial charge is 0.343 e. The Labute approximate surface area is 172 Å². The molecule has 1 N–H and O–H groups in total. The van der Waals surface area contributed by atoms with Crippen LogP contribution in [0, 0.1) is 5.92 Å². The molecular weight excluding hydrogens is 358 g/mol. The second-order valence-corrected chi connectivity index (χ2v) is 7.67. The van der Waals surface area contributed by atoms with Crippen LogP contribution in [0.5, 0.6) is 0 Å². The fourth-order valence-electron chi connectivity index (χ4n) is 4.04. The van der Waals surface area contributed by atoms with Gasteiger partial charge in [0.15, 0.2) is 0 Å². The van der Waals surface area contributed by atoms with Crippen LogP contribution in [-0.2, 0) is 11.3 Å². The molecule has 29 heavy (non-hydrogen) atoms. The molecule has 1 fully saturated rings. The molecule has 1 aliphatic heterocycles. The van der Waals surface area contributed by atoms with Gasteiger partial charge in [-0.25, -0.2) is 0 Å². The maximum atomic E-state index is 13.2. The number of likely N-dealkylation sites (tertiary alicyclic amines) is 1. The molecule has 2 aromatic carbocycles. The molecule has 0 radical (unpaired) electrons. The molecule has 4 nitrogen and oxygen atoms in total. The van der Waals surface area contributed by atoms with Crippen molar-refractivity contribution in [1.29, 1.82) is 0 Å². The number of carbonyl (C=O) groups excluding carboxylic acids is 1. The summed E-state index contributed by atoms with van der Waals surface area (Å²) >= 11 is 0. The number of benzene rings is 2. The number of nitrogens with zero attached hydrogens (tertiary/aromatic N) is 2. The smallest absolute Gasteiger partial charge is 0.225 e. The summed E-state index contributed by atoms with van der Waals surface area (Å²) in [6, 6.07) is 26.2. The zero-order chi connectivity index (χ0) is 19.9. The third-order valence-corrected chi connectivity index (χ3v) is 5.53. The zero-order valence-electron chi connectivity index (χ0n) is 16.6. The van der Waals surface area contributed by atoms with Gasteiger partial charge in [-0.05, 0) is 42.6 Å². The van der Waals surface area contributed by atoms with Gasteiger partial charge in [-0.3, -0.25) is 14.7 Å². The lowest BCUT2D eigenvalue weighted by Gasteiger charge is -2.33. The lowest BCUT2D eigenvalue weighted by atomic mass is 9.95. The van der Waals surface area contributed by atoms with Gasteiger partial charge in [0.25, 0.3) is 0 Å². The molecule has 1 saturated heterocycles. The van der Waals surface area contributed by atoms with Crippen LogP contribution in [-0.4, -0.2) is 28.9 Å². The predicted molar refractivity (Wildman–Crippen MR) is 115 cm³/mol. The summed E-state index contributed by atoms with van der Waals surface area (Å²) < 4.78 is 0. The fourth-order valence-corrected chi connectivity index (χ4v) is 4.04. The first-order valence-electron chi connectivity index (χ1n) is 10.3. The summed E-state index contributed by atoms with van der Waals surface area (Å²) in [5.41, 5.74) is 3.21. The van der Waals surface area contributed by atoms with Crippen molar-refractivity contribution in [1.82, 2.24) is 15.2 Å². The Bertz CT molecular complexity index is 860. The summed E-state index contributed by atoms with van der Waals surface area (Å²) in [7, 11) is 0. The van der Waals surface area contributed by atoms with Gasteiger partial charge < -0.3 is 5.32 Å². The van der Waals surface area contributed by atoms with E-state index in [4.69, 9.17) is 0 Å². The van der Waals surface area contributed by atoms with Gasteiger partial charge in [-0.1, -0.05) is 66.7 Å². The molecule has 4 heteroatoms. The molecule has 2 heterocycles. The molecule has 4 rings (SSSR count). The molecule has 0 aliphatic carbocycles. The van der Waals surface area contributed by atoms with Gasteiger partial charge in [0, 0.05) is 19.3 Å². The van der Waals surface area contributed by atoms with Crippen molar-refractivity contribution < 1.29 is 4.79 Å². The van der Waals surface area contributed by atoms with E-state index in [1.54, 1.807) is 6.20 Å². The van der Waals surface area contributed by atoms with E-state index in [0.29, 0.717) is 0 Å². The minimum Gasteiger partial charge on any atom is -0.343 e. The van der Waals surface area contributed by atoms with Gasteiger partial charge >= 0.3 is 0 Å². The topological polar surface area (TPSA) is 45.2 Å². The van der Waals surface area contributed by atoms with Gasteiger partial charge in [0.2, 0.25) is 5.91 Å². The number of piperidine rings is 1. The van der Waals surface area contributed by atoms with E-state index in [1.807, 2.05) is 54.6 Å². The number of aromatic nitrogens is 1. The van der Waals surface area contributed by atoms with Crippen LogP contribution < -0.4 is 5.32 Å². The van der Waals surface area contributed by atoms with Gasteiger partial charge in [0.1, 0.15) is 0 Å². The van der Waals surface area contributed by atoms with Crippen LogP contribution in [0.1, 0.15) is 35.7 Å². The van der Waals surface area contributed by atoms with Crippen molar-refractivity contribution in [2.45, 2.75) is 25.4 Å². The van der Waals surface area contributed by atoms with Crippen LogP contribution >= 0.6 is 0 Å². The zero-order valence-corrected chi connectivity index (χ0v) is 16.6. The quantitative estimate of drug-likeness (QED) is 0.692. The van der Waals surface area contributed by atoms with Gasteiger partial charge in [0.05, 0.1) is 17.7 Å². The standard InChI is InChI=1S/C25H27N3O/c29-25(22-14-9-17-28(19-22)18-20-10-3-1-4-11-20)27-24(21-12-5-2-6-13-21)23-15-7-8-16-26-23/h1-8,10-13,15-16,22,24H,9,14,17-19H2,(H,27,29). The van der Waals surface area contributed by atoms with E-state index in [9.17, 15) is 4.79 Å². The van der Waals surface area contributed by atoms with Crippen LogP contribution in [0.3, 0.4) is 0 Å². The second-order valence-electron chi connectivity index (χ2n) is 7.67. The Morgan fingerprint density at radius 3 is 2.45 bits per heavy atom. The number of amides is 1. The average Bonchev–Trinajstić information content (AvgIpc) is 2.79. The maximum absolute atomic E-state index is 13.2. The van der Waals surface area contributed by atoms with Crippen molar-refractivity contribution >= 4 is 5.91 Å². The average molecular weight is 386 g/mol. The summed E-state index contributed by atoms with van der Waals surface area (Å²) in [6.07, 6.45) is 3.75. The van der Waals surface area contributed by atoms with Crippen LogP contribution in [0.2, 0.25) is 0 Å².